The number of methoxy groups -OCH3 is 2. The highest BCUT2D eigenvalue weighted by molar-refractivity contribution is 8.03. The topological polar surface area (TPSA) is 124 Å². The molecule has 0 bridgehead atoms. The number of nitrogens with zero attached hydrogens (tertiary/aromatic N) is 2. The molecule has 0 saturated carbocycles. The van der Waals surface area contributed by atoms with Crippen LogP contribution in [0.3, 0.4) is 0 Å². The van der Waals surface area contributed by atoms with E-state index in [4.69, 9.17) is 5.73 Å². The number of nitrogen functional groups attached to an aromatic ring is 1. The minimum atomic E-state index is -0.470. The van der Waals surface area contributed by atoms with E-state index in [1.54, 1.807) is 6.20 Å². The number of rotatable bonds is 4. The molecule has 1 aromatic rings. The lowest BCUT2D eigenvalue weighted by molar-refractivity contribution is -0.119. The van der Waals surface area contributed by atoms with Crippen LogP contribution in [-0.2, 0) is 14.3 Å². The summed E-state index contributed by atoms with van der Waals surface area (Å²) in [6.45, 7) is 9.46. The number of thioether (sulfide) groups is 1. The fourth-order valence-electron chi connectivity index (χ4n) is 2.22. The highest BCUT2D eigenvalue weighted by Crippen LogP contribution is 2.36. The maximum Gasteiger partial charge on any atom is 0.415 e. The van der Waals surface area contributed by atoms with Crippen LogP contribution in [-0.4, -0.2) is 47.6 Å². The first-order valence-electron chi connectivity index (χ1n) is 8.88. The first kappa shape index (κ1) is 24.8. The highest BCUT2D eigenvalue weighted by Gasteiger charge is 2.32. The molecule has 2 rings (SSSR count). The molecule has 1 atom stereocenters. The van der Waals surface area contributed by atoms with E-state index in [0.29, 0.717) is 16.7 Å². The van der Waals surface area contributed by atoms with Crippen LogP contribution in [0.4, 0.5) is 9.93 Å². The Hall–Kier alpha value is -2.27. The number of carbonyl (C=O) groups excluding carboxylic acids is 3. The van der Waals surface area contributed by atoms with Gasteiger partial charge in [-0.3, -0.25) is 9.69 Å². The second-order valence-electron chi connectivity index (χ2n) is 6.65. The number of amides is 2. The van der Waals surface area contributed by atoms with Gasteiger partial charge in [0.15, 0.2) is 16.3 Å². The van der Waals surface area contributed by atoms with Gasteiger partial charge in [-0.25, -0.2) is 14.6 Å². The number of thiazole rings is 1. The molecule has 2 heterocycles. The molecule has 0 radical (unpaired) electrons. The lowest BCUT2D eigenvalue weighted by atomic mass is 10.1. The third-order valence-corrected chi connectivity index (χ3v) is 6.22. The SMILES string of the molecule is COC(=O)N1C=C(C(C)C)SC1NC(C)=O.COC(=O)c1nc(N)sc1C(C)C. The minimum absolute atomic E-state index is 0.176. The molecule has 162 valence electrons. The first-order chi connectivity index (χ1) is 13.5. The molecule has 29 heavy (non-hydrogen) atoms. The lowest BCUT2D eigenvalue weighted by Crippen LogP contribution is -2.43. The van der Waals surface area contributed by atoms with Crippen molar-refractivity contribution in [3.63, 3.8) is 0 Å². The van der Waals surface area contributed by atoms with E-state index in [9.17, 15) is 14.4 Å². The van der Waals surface area contributed by atoms with Crippen molar-refractivity contribution in [2.24, 2.45) is 5.92 Å². The number of carbonyl (C=O) groups is 3. The Balaban J connectivity index is 0.000000296. The molecular weight excluding hydrogens is 416 g/mol. The number of ether oxygens (including phenoxy) is 2. The maximum absolute atomic E-state index is 11.5. The fraction of sp³-hybridized carbons (Fsp3) is 0.556. The summed E-state index contributed by atoms with van der Waals surface area (Å²) in [5, 5.41) is 3.10. The average molecular weight is 445 g/mol. The van der Waals surface area contributed by atoms with Crippen molar-refractivity contribution in [3.8, 4) is 0 Å². The number of hydrogen-bond donors (Lipinski definition) is 2. The molecule has 9 nitrogen and oxygen atoms in total. The summed E-state index contributed by atoms with van der Waals surface area (Å²) in [5.41, 5.74) is 5.46. The fourth-order valence-corrected chi connectivity index (χ4v) is 4.23. The number of hydrogen-bond acceptors (Lipinski definition) is 9. The van der Waals surface area contributed by atoms with Gasteiger partial charge in [0, 0.05) is 22.9 Å². The molecule has 1 aliphatic rings. The van der Waals surface area contributed by atoms with Gasteiger partial charge < -0.3 is 20.5 Å². The van der Waals surface area contributed by atoms with Crippen molar-refractivity contribution in [1.29, 1.82) is 0 Å². The molecule has 0 aliphatic carbocycles. The largest absolute Gasteiger partial charge is 0.464 e. The number of nitrogens with two attached hydrogens (primary N) is 1. The third kappa shape index (κ3) is 6.93. The van der Waals surface area contributed by atoms with Gasteiger partial charge in [-0.2, -0.15) is 0 Å². The van der Waals surface area contributed by atoms with Crippen LogP contribution in [0.2, 0.25) is 0 Å². The van der Waals surface area contributed by atoms with E-state index in [0.717, 1.165) is 9.78 Å². The predicted molar refractivity (Wildman–Crippen MR) is 114 cm³/mol. The molecule has 11 heteroatoms. The normalized spacial score (nSPS) is 15.6. The molecule has 0 fully saturated rings. The summed E-state index contributed by atoms with van der Waals surface area (Å²) in [6.07, 6.45) is 1.25. The number of nitrogens with one attached hydrogen (secondary N) is 1. The van der Waals surface area contributed by atoms with Crippen molar-refractivity contribution >= 4 is 46.2 Å². The van der Waals surface area contributed by atoms with Gasteiger partial charge in [0.05, 0.1) is 14.2 Å². The Kier molecular flexibility index (Phi) is 9.44. The first-order valence-corrected chi connectivity index (χ1v) is 10.6. The van der Waals surface area contributed by atoms with Gasteiger partial charge >= 0.3 is 12.1 Å². The molecule has 1 unspecified atom stereocenters. The predicted octanol–water partition coefficient (Wildman–Crippen LogP) is 3.35. The lowest BCUT2D eigenvalue weighted by Gasteiger charge is -2.21. The Labute approximate surface area is 179 Å². The number of aromatic nitrogens is 1. The van der Waals surface area contributed by atoms with Crippen LogP contribution in [0, 0.1) is 5.92 Å². The van der Waals surface area contributed by atoms with Gasteiger partial charge in [0.25, 0.3) is 0 Å². The summed E-state index contributed by atoms with van der Waals surface area (Å²) in [5.74, 6) is -0.0405. The van der Waals surface area contributed by atoms with Crippen LogP contribution in [0.1, 0.15) is 55.9 Å². The van der Waals surface area contributed by atoms with Crippen molar-refractivity contribution < 1.29 is 23.9 Å². The van der Waals surface area contributed by atoms with Gasteiger partial charge in [-0.05, 0) is 11.8 Å². The Bertz CT molecular complexity index is 776. The molecule has 1 aromatic heterocycles. The number of anilines is 1. The van der Waals surface area contributed by atoms with E-state index in [1.807, 2.05) is 27.7 Å². The summed E-state index contributed by atoms with van der Waals surface area (Å²) in [4.78, 5) is 40.9. The molecular formula is C18H28N4O5S2. The summed E-state index contributed by atoms with van der Waals surface area (Å²) >= 11 is 2.79. The van der Waals surface area contributed by atoms with Crippen molar-refractivity contribution in [3.05, 3.63) is 21.7 Å². The Morgan fingerprint density at radius 2 is 1.79 bits per heavy atom. The van der Waals surface area contributed by atoms with Crippen LogP contribution >= 0.6 is 23.1 Å². The van der Waals surface area contributed by atoms with E-state index in [2.05, 4.69) is 19.8 Å². The van der Waals surface area contributed by atoms with Gasteiger partial charge in [0.1, 0.15) is 0 Å². The third-order valence-electron chi connectivity index (χ3n) is 3.62. The quantitative estimate of drug-likeness (QED) is 0.678. The van der Waals surface area contributed by atoms with Gasteiger partial charge in [-0.1, -0.05) is 39.5 Å². The zero-order chi connectivity index (χ0) is 22.3. The Morgan fingerprint density at radius 3 is 2.24 bits per heavy atom. The van der Waals surface area contributed by atoms with Gasteiger partial charge in [-0.15, -0.1) is 11.3 Å². The maximum atomic E-state index is 11.5. The van der Waals surface area contributed by atoms with E-state index in [-0.39, 0.29) is 11.8 Å². The zero-order valence-corrected chi connectivity index (χ0v) is 19.3. The minimum Gasteiger partial charge on any atom is -0.464 e. The number of esters is 1. The van der Waals surface area contributed by atoms with Crippen LogP contribution in [0.25, 0.3) is 0 Å². The molecule has 0 saturated heterocycles. The van der Waals surface area contributed by atoms with Crippen LogP contribution < -0.4 is 11.1 Å². The van der Waals surface area contributed by atoms with E-state index >= 15 is 0 Å². The molecule has 0 aromatic carbocycles. The van der Waals surface area contributed by atoms with Crippen molar-refractivity contribution in [2.75, 3.05) is 20.0 Å². The standard InChI is InChI=1S/C10H16N2O3S.C8H12N2O2S/c1-6(2)8-5-12(10(14)15-4)9(16-8)11-7(3)13;1-4(2)6-5(7(11)12-3)10-8(9)13-6/h5-6,9H,1-4H3,(H,11,13);4H,1-3H3,(H2,9,10). The molecule has 1 aliphatic heterocycles. The second kappa shape index (κ2) is 11.1. The summed E-state index contributed by atoms with van der Waals surface area (Å²) < 4.78 is 9.24. The average Bonchev–Trinajstić information content (AvgIpc) is 3.24. The Morgan fingerprint density at radius 1 is 1.17 bits per heavy atom. The molecule has 0 spiro atoms. The van der Waals surface area contributed by atoms with Crippen molar-refractivity contribution in [2.45, 2.75) is 46.0 Å². The molecule has 2 amide bonds. The van der Waals surface area contributed by atoms with Crippen LogP contribution in [0.15, 0.2) is 11.1 Å². The van der Waals surface area contributed by atoms with Crippen molar-refractivity contribution in [1.82, 2.24) is 15.2 Å². The summed E-state index contributed by atoms with van der Waals surface area (Å²) in [7, 11) is 2.65. The zero-order valence-electron chi connectivity index (χ0n) is 17.6. The number of allylic oxidation sites excluding steroid dienone is 1. The highest BCUT2D eigenvalue weighted by atomic mass is 32.2. The van der Waals surface area contributed by atoms with Crippen LogP contribution in [0.5, 0.6) is 0 Å². The van der Waals surface area contributed by atoms with E-state index < -0.39 is 17.6 Å². The summed E-state index contributed by atoms with van der Waals surface area (Å²) in [6, 6.07) is 0. The van der Waals surface area contributed by atoms with Gasteiger partial charge in [0.2, 0.25) is 5.91 Å². The van der Waals surface area contributed by atoms with E-state index in [1.165, 1.54) is 49.1 Å². The smallest absolute Gasteiger partial charge is 0.415 e. The second-order valence-corrected chi connectivity index (χ2v) is 8.86. The monoisotopic (exact) mass is 444 g/mol. The molecule has 3 N–H and O–H groups in total.